The lowest BCUT2D eigenvalue weighted by atomic mass is 9.96. The van der Waals surface area contributed by atoms with Crippen LogP contribution >= 0.6 is 24.0 Å². The molecule has 2 aromatic carbocycles. The predicted octanol–water partition coefficient (Wildman–Crippen LogP) is 4.70. The van der Waals surface area contributed by atoms with E-state index in [1.54, 1.807) is 0 Å². The summed E-state index contributed by atoms with van der Waals surface area (Å²) >= 11 is 0. The smallest absolute Gasteiger partial charge is 0.191 e. The Morgan fingerprint density at radius 1 is 1.06 bits per heavy atom. The lowest BCUT2D eigenvalue weighted by Crippen LogP contribution is -2.48. The first-order valence-corrected chi connectivity index (χ1v) is 11.4. The Labute approximate surface area is 207 Å². The molecule has 0 bridgehead atoms. The van der Waals surface area contributed by atoms with Crippen molar-refractivity contribution in [1.82, 2.24) is 15.5 Å². The van der Waals surface area contributed by atoms with E-state index in [0.717, 1.165) is 68.2 Å². The van der Waals surface area contributed by atoms with Gasteiger partial charge in [-0.05, 0) is 55.9 Å². The predicted molar refractivity (Wildman–Crippen MR) is 138 cm³/mol. The van der Waals surface area contributed by atoms with E-state index in [4.69, 9.17) is 4.74 Å². The minimum atomic E-state index is -0.178. The summed E-state index contributed by atoms with van der Waals surface area (Å²) in [5.74, 6) is 1.63. The highest BCUT2D eigenvalue weighted by Gasteiger charge is 2.21. The van der Waals surface area contributed by atoms with Gasteiger partial charge in [-0.2, -0.15) is 0 Å². The SMILES string of the molecule is CN=C(NCc1ccccc1OC1CCC1)NC1CCN(Cc2ccc(F)cc2)CC1.I. The van der Waals surface area contributed by atoms with Crippen LogP contribution in [0.1, 0.15) is 43.2 Å². The van der Waals surface area contributed by atoms with Gasteiger partial charge in [0.2, 0.25) is 0 Å². The molecule has 32 heavy (non-hydrogen) atoms. The van der Waals surface area contributed by atoms with Crippen molar-refractivity contribution in [2.75, 3.05) is 20.1 Å². The first-order chi connectivity index (χ1) is 15.2. The van der Waals surface area contributed by atoms with Gasteiger partial charge in [-0.3, -0.25) is 9.89 Å². The minimum absolute atomic E-state index is 0. The van der Waals surface area contributed by atoms with Crippen molar-refractivity contribution in [2.24, 2.45) is 4.99 Å². The van der Waals surface area contributed by atoms with Crippen LogP contribution in [0.15, 0.2) is 53.5 Å². The Balaban J connectivity index is 0.00000289. The number of nitrogens with zero attached hydrogens (tertiary/aromatic N) is 2. The van der Waals surface area contributed by atoms with Gasteiger partial charge in [0.05, 0.1) is 6.10 Å². The minimum Gasteiger partial charge on any atom is -0.490 e. The number of benzene rings is 2. The second-order valence-corrected chi connectivity index (χ2v) is 8.53. The molecule has 1 saturated heterocycles. The molecule has 0 aromatic heterocycles. The van der Waals surface area contributed by atoms with Gasteiger partial charge in [0.1, 0.15) is 11.6 Å². The fraction of sp³-hybridized carbons (Fsp3) is 0.480. The van der Waals surface area contributed by atoms with Gasteiger partial charge in [-0.1, -0.05) is 30.3 Å². The molecule has 2 aromatic rings. The molecule has 1 aliphatic heterocycles. The molecule has 1 heterocycles. The van der Waals surface area contributed by atoms with Gasteiger partial charge < -0.3 is 15.4 Å². The van der Waals surface area contributed by atoms with Crippen molar-refractivity contribution >= 4 is 29.9 Å². The lowest BCUT2D eigenvalue weighted by Gasteiger charge is -2.33. The molecule has 0 amide bonds. The van der Waals surface area contributed by atoms with Crippen LogP contribution in [0.4, 0.5) is 4.39 Å². The largest absolute Gasteiger partial charge is 0.490 e. The summed E-state index contributed by atoms with van der Waals surface area (Å²) in [4.78, 5) is 6.84. The number of rotatable bonds is 7. The zero-order chi connectivity index (χ0) is 21.5. The highest BCUT2D eigenvalue weighted by molar-refractivity contribution is 14.0. The van der Waals surface area contributed by atoms with E-state index in [1.807, 2.05) is 25.2 Å². The zero-order valence-corrected chi connectivity index (χ0v) is 21.1. The zero-order valence-electron chi connectivity index (χ0n) is 18.7. The summed E-state index contributed by atoms with van der Waals surface area (Å²) in [6, 6.07) is 15.5. The molecule has 2 fully saturated rings. The van der Waals surface area contributed by atoms with Gasteiger partial charge >= 0.3 is 0 Å². The van der Waals surface area contributed by atoms with Crippen LogP contribution in [0, 0.1) is 5.82 Å². The first-order valence-electron chi connectivity index (χ1n) is 11.4. The standard InChI is InChI=1S/C25H33FN4O.HI/c1-27-25(28-17-20-5-2-3-8-24(20)31-23-6-4-7-23)29-22-13-15-30(16-14-22)18-19-9-11-21(26)12-10-19;/h2-3,5,8-12,22-23H,4,6-7,13-18H2,1H3,(H2,27,28,29);1H. The van der Waals surface area contributed by atoms with E-state index in [1.165, 1.54) is 18.6 Å². The fourth-order valence-electron chi connectivity index (χ4n) is 4.08. The van der Waals surface area contributed by atoms with Crippen LogP contribution < -0.4 is 15.4 Å². The average Bonchev–Trinajstić information content (AvgIpc) is 2.77. The second-order valence-electron chi connectivity index (χ2n) is 8.53. The molecule has 2 aliphatic rings. The van der Waals surface area contributed by atoms with Crippen molar-refractivity contribution < 1.29 is 9.13 Å². The molecule has 0 unspecified atom stereocenters. The van der Waals surface area contributed by atoms with Crippen LogP contribution in [-0.2, 0) is 13.1 Å². The molecule has 1 saturated carbocycles. The van der Waals surface area contributed by atoms with E-state index in [-0.39, 0.29) is 29.8 Å². The van der Waals surface area contributed by atoms with Gasteiger partial charge in [0.25, 0.3) is 0 Å². The molecule has 1 aliphatic carbocycles. The van der Waals surface area contributed by atoms with Gasteiger partial charge in [-0.25, -0.2) is 4.39 Å². The summed E-state index contributed by atoms with van der Waals surface area (Å²) in [5, 5.41) is 7.02. The van der Waals surface area contributed by atoms with E-state index in [0.29, 0.717) is 18.7 Å². The highest BCUT2D eigenvalue weighted by atomic mass is 127. The Kier molecular flexibility index (Phi) is 9.59. The van der Waals surface area contributed by atoms with Crippen LogP contribution in [0.3, 0.4) is 0 Å². The van der Waals surface area contributed by atoms with E-state index >= 15 is 0 Å². The molecule has 0 radical (unpaired) electrons. The number of ether oxygens (including phenoxy) is 1. The average molecular weight is 552 g/mol. The molecule has 7 heteroatoms. The van der Waals surface area contributed by atoms with Crippen molar-refractivity contribution in [2.45, 2.75) is 57.3 Å². The summed E-state index contributed by atoms with van der Waals surface area (Å²) in [5.41, 5.74) is 2.32. The molecule has 0 spiro atoms. The topological polar surface area (TPSA) is 48.9 Å². The number of para-hydroxylation sites is 1. The van der Waals surface area contributed by atoms with Crippen LogP contribution in [0.5, 0.6) is 5.75 Å². The summed E-state index contributed by atoms with van der Waals surface area (Å²) < 4.78 is 19.2. The summed E-state index contributed by atoms with van der Waals surface area (Å²) in [6.45, 7) is 3.60. The third-order valence-electron chi connectivity index (χ3n) is 6.24. The fourth-order valence-corrected chi connectivity index (χ4v) is 4.08. The van der Waals surface area contributed by atoms with Crippen molar-refractivity contribution in [1.29, 1.82) is 0 Å². The molecule has 2 N–H and O–H groups in total. The van der Waals surface area contributed by atoms with E-state index in [2.05, 4.69) is 38.7 Å². The quantitative estimate of drug-likeness (QED) is 0.297. The Hall–Kier alpha value is -1.87. The van der Waals surface area contributed by atoms with Gasteiger partial charge in [0, 0.05) is 44.8 Å². The van der Waals surface area contributed by atoms with Crippen molar-refractivity contribution in [3.63, 3.8) is 0 Å². The molecule has 0 atom stereocenters. The number of hydrogen-bond donors (Lipinski definition) is 2. The van der Waals surface area contributed by atoms with Gasteiger partial charge in [-0.15, -0.1) is 24.0 Å². The number of hydrogen-bond acceptors (Lipinski definition) is 3. The number of guanidine groups is 1. The molecule has 5 nitrogen and oxygen atoms in total. The summed E-state index contributed by atoms with van der Waals surface area (Å²) in [7, 11) is 1.82. The van der Waals surface area contributed by atoms with Crippen molar-refractivity contribution in [3.8, 4) is 5.75 Å². The van der Waals surface area contributed by atoms with Gasteiger partial charge in [0.15, 0.2) is 5.96 Å². The number of halogens is 2. The Morgan fingerprint density at radius 2 is 1.78 bits per heavy atom. The maximum atomic E-state index is 13.1. The van der Waals surface area contributed by atoms with Crippen LogP contribution in [0.2, 0.25) is 0 Å². The third-order valence-corrected chi connectivity index (χ3v) is 6.24. The normalized spacial score (nSPS) is 17.9. The monoisotopic (exact) mass is 552 g/mol. The number of nitrogens with one attached hydrogen (secondary N) is 2. The Morgan fingerprint density at radius 3 is 2.44 bits per heavy atom. The van der Waals surface area contributed by atoms with E-state index in [9.17, 15) is 4.39 Å². The second kappa shape index (κ2) is 12.4. The summed E-state index contributed by atoms with van der Waals surface area (Å²) in [6.07, 6.45) is 6.07. The van der Waals surface area contributed by atoms with Crippen LogP contribution in [-0.4, -0.2) is 43.1 Å². The molecular formula is C25H34FIN4O. The van der Waals surface area contributed by atoms with E-state index < -0.39 is 0 Å². The molecule has 174 valence electrons. The molecular weight excluding hydrogens is 518 g/mol. The van der Waals surface area contributed by atoms with Crippen LogP contribution in [0.25, 0.3) is 0 Å². The third kappa shape index (κ3) is 7.07. The molecule has 4 rings (SSSR count). The highest BCUT2D eigenvalue weighted by Crippen LogP contribution is 2.27. The number of likely N-dealkylation sites (tertiary alicyclic amines) is 1. The van der Waals surface area contributed by atoms with Crippen molar-refractivity contribution in [3.05, 3.63) is 65.5 Å². The maximum absolute atomic E-state index is 13.1. The number of aliphatic imine (C=N–C) groups is 1. The number of piperidine rings is 1. The lowest BCUT2D eigenvalue weighted by molar-refractivity contribution is 0.119. The maximum Gasteiger partial charge on any atom is 0.191 e. The first kappa shape index (κ1) is 24.8. The Bertz CT molecular complexity index is 865.